The molecule has 1 aliphatic rings. The van der Waals surface area contributed by atoms with Crippen molar-refractivity contribution in [1.29, 1.82) is 0 Å². The van der Waals surface area contributed by atoms with Gasteiger partial charge in [-0.15, -0.1) is 10.2 Å². The van der Waals surface area contributed by atoms with Gasteiger partial charge in [-0.3, -0.25) is 4.79 Å². The van der Waals surface area contributed by atoms with Gasteiger partial charge in [0, 0.05) is 32.2 Å². The second-order valence-electron chi connectivity index (χ2n) is 6.82. The van der Waals surface area contributed by atoms with E-state index in [0.29, 0.717) is 5.75 Å². The Morgan fingerprint density at radius 1 is 1.14 bits per heavy atom. The Bertz CT molecular complexity index is 780. The molecule has 1 aromatic heterocycles. The second-order valence-corrected chi connectivity index (χ2v) is 8.22. The third kappa shape index (κ3) is 5.52. The molecule has 0 radical (unpaired) electrons. The fourth-order valence-corrected chi connectivity index (χ4v) is 3.88. The van der Waals surface area contributed by atoms with Gasteiger partial charge in [-0.1, -0.05) is 42.4 Å². The molecule has 1 fully saturated rings. The van der Waals surface area contributed by atoms with Gasteiger partial charge in [0.25, 0.3) is 0 Å². The summed E-state index contributed by atoms with van der Waals surface area (Å²) in [4.78, 5) is 16.4. The van der Waals surface area contributed by atoms with E-state index in [4.69, 9.17) is 11.6 Å². The van der Waals surface area contributed by atoms with Gasteiger partial charge in [-0.2, -0.15) is 0 Å². The average molecular weight is 420 g/mol. The molecule has 2 aromatic rings. The van der Waals surface area contributed by atoms with Crippen molar-refractivity contribution in [2.75, 3.05) is 41.7 Å². The summed E-state index contributed by atoms with van der Waals surface area (Å²) < 4.78 is 0. The van der Waals surface area contributed by atoms with Crippen molar-refractivity contribution in [3.05, 3.63) is 41.4 Å². The Labute approximate surface area is 175 Å². The van der Waals surface area contributed by atoms with E-state index in [1.165, 1.54) is 11.8 Å². The molecule has 1 atom stereocenters. The molecule has 3 rings (SSSR count). The van der Waals surface area contributed by atoms with E-state index in [2.05, 4.69) is 38.3 Å². The van der Waals surface area contributed by atoms with Crippen LogP contribution in [0.25, 0.3) is 0 Å². The monoisotopic (exact) mass is 419 g/mol. The van der Waals surface area contributed by atoms with Crippen LogP contribution in [0.1, 0.15) is 20.3 Å². The number of para-hydroxylation sites is 1. The lowest BCUT2D eigenvalue weighted by molar-refractivity contribution is -0.119. The SMILES string of the molecule is CC[C@@H](C)NC(=O)CSc1ccc(N2CCN(c3ccccc3Cl)CC2)nn1. The normalized spacial score (nSPS) is 15.4. The van der Waals surface area contributed by atoms with E-state index >= 15 is 0 Å². The fourth-order valence-electron chi connectivity index (χ4n) is 3.00. The molecule has 28 heavy (non-hydrogen) atoms. The lowest BCUT2D eigenvalue weighted by Crippen LogP contribution is -2.47. The third-order valence-electron chi connectivity index (χ3n) is 4.79. The number of hydrogen-bond donors (Lipinski definition) is 1. The van der Waals surface area contributed by atoms with E-state index in [1.54, 1.807) is 0 Å². The highest BCUT2D eigenvalue weighted by molar-refractivity contribution is 7.99. The van der Waals surface area contributed by atoms with Gasteiger partial charge in [0.1, 0.15) is 5.03 Å². The molecule has 1 aliphatic heterocycles. The first-order valence-electron chi connectivity index (χ1n) is 9.57. The van der Waals surface area contributed by atoms with Crippen LogP contribution in [0, 0.1) is 0 Å². The van der Waals surface area contributed by atoms with Crippen LogP contribution >= 0.6 is 23.4 Å². The molecule has 0 spiro atoms. The summed E-state index contributed by atoms with van der Waals surface area (Å²) in [6.45, 7) is 7.56. The molecule has 0 saturated carbocycles. The molecule has 0 aliphatic carbocycles. The van der Waals surface area contributed by atoms with Crippen LogP contribution in [0.4, 0.5) is 11.5 Å². The van der Waals surface area contributed by atoms with Crippen LogP contribution in [-0.2, 0) is 4.79 Å². The minimum absolute atomic E-state index is 0.0286. The van der Waals surface area contributed by atoms with Crippen molar-refractivity contribution >= 4 is 40.8 Å². The number of carbonyl (C=O) groups is 1. The second kappa shape index (κ2) is 9.98. The molecule has 8 heteroatoms. The molecule has 1 amide bonds. The Kier molecular flexibility index (Phi) is 7.39. The standard InChI is InChI=1S/C20H26ClN5OS/c1-3-15(2)22-19(27)14-28-20-9-8-18(23-24-20)26-12-10-25(11-13-26)17-7-5-4-6-16(17)21/h4-9,15H,3,10-14H2,1-2H3,(H,22,27)/t15-/m1/s1. The maximum atomic E-state index is 11.9. The van der Waals surface area contributed by atoms with Crippen molar-refractivity contribution < 1.29 is 4.79 Å². The summed E-state index contributed by atoms with van der Waals surface area (Å²) in [6, 6.07) is 12.1. The van der Waals surface area contributed by atoms with Gasteiger partial charge in [0.05, 0.1) is 16.5 Å². The van der Waals surface area contributed by atoms with Gasteiger partial charge >= 0.3 is 0 Å². The zero-order chi connectivity index (χ0) is 19.9. The molecule has 150 valence electrons. The number of nitrogens with zero attached hydrogens (tertiary/aromatic N) is 4. The highest BCUT2D eigenvalue weighted by Crippen LogP contribution is 2.27. The molecule has 2 heterocycles. The van der Waals surface area contributed by atoms with Crippen molar-refractivity contribution in [1.82, 2.24) is 15.5 Å². The number of anilines is 2. The number of thioether (sulfide) groups is 1. The highest BCUT2D eigenvalue weighted by atomic mass is 35.5. The minimum atomic E-state index is 0.0286. The predicted octanol–water partition coefficient (Wildman–Crippen LogP) is 3.46. The largest absolute Gasteiger partial charge is 0.367 e. The van der Waals surface area contributed by atoms with E-state index < -0.39 is 0 Å². The Hall–Kier alpha value is -1.99. The summed E-state index contributed by atoms with van der Waals surface area (Å²) in [5.74, 6) is 1.25. The zero-order valence-electron chi connectivity index (χ0n) is 16.3. The number of piperazine rings is 1. The third-order valence-corrected chi connectivity index (χ3v) is 6.03. The van der Waals surface area contributed by atoms with Crippen LogP contribution in [0.3, 0.4) is 0 Å². The number of aromatic nitrogens is 2. The quantitative estimate of drug-likeness (QED) is 0.693. The Balaban J connectivity index is 1.49. The van der Waals surface area contributed by atoms with Crippen molar-refractivity contribution in [3.8, 4) is 0 Å². The summed E-state index contributed by atoms with van der Waals surface area (Å²) in [5, 5.41) is 13.1. The highest BCUT2D eigenvalue weighted by Gasteiger charge is 2.20. The van der Waals surface area contributed by atoms with Gasteiger partial charge in [0.2, 0.25) is 5.91 Å². The summed E-state index contributed by atoms with van der Waals surface area (Å²) in [7, 11) is 0. The molecule has 6 nitrogen and oxygen atoms in total. The zero-order valence-corrected chi connectivity index (χ0v) is 17.8. The first kappa shape index (κ1) is 20.7. The van der Waals surface area contributed by atoms with Crippen LogP contribution < -0.4 is 15.1 Å². The summed E-state index contributed by atoms with van der Waals surface area (Å²) in [6.07, 6.45) is 0.925. The number of rotatable bonds is 7. The van der Waals surface area contributed by atoms with E-state index in [1.807, 2.05) is 37.3 Å². The van der Waals surface area contributed by atoms with Gasteiger partial charge in [-0.05, 0) is 37.6 Å². The van der Waals surface area contributed by atoms with Gasteiger partial charge in [-0.25, -0.2) is 0 Å². The maximum Gasteiger partial charge on any atom is 0.230 e. The van der Waals surface area contributed by atoms with Gasteiger partial charge in [0.15, 0.2) is 5.82 Å². The number of amides is 1. The number of hydrogen-bond acceptors (Lipinski definition) is 6. The van der Waals surface area contributed by atoms with Crippen LogP contribution in [0.5, 0.6) is 0 Å². The number of halogens is 1. The topological polar surface area (TPSA) is 61.4 Å². The molecular weight excluding hydrogens is 394 g/mol. The first-order chi connectivity index (χ1) is 13.6. The molecule has 1 aromatic carbocycles. The molecule has 0 bridgehead atoms. The smallest absolute Gasteiger partial charge is 0.230 e. The Morgan fingerprint density at radius 3 is 2.50 bits per heavy atom. The summed E-state index contributed by atoms with van der Waals surface area (Å²) >= 11 is 7.72. The molecule has 0 unspecified atom stereocenters. The molecular formula is C20H26ClN5OS. The molecule has 1 N–H and O–H groups in total. The molecule has 1 saturated heterocycles. The van der Waals surface area contributed by atoms with Crippen molar-refractivity contribution in [3.63, 3.8) is 0 Å². The predicted molar refractivity (Wildman–Crippen MR) is 117 cm³/mol. The summed E-state index contributed by atoms with van der Waals surface area (Å²) in [5.41, 5.74) is 1.08. The maximum absolute atomic E-state index is 11.9. The lowest BCUT2D eigenvalue weighted by Gasteiger charge is -2.36. The van der Waals surface area contributed by atoms with Crippen molar-refractivity contribution in [2.24, 2.45) is 0 Å². The van der Waals surface area contributed by atoms with Crippen LogP contribution in [0.2, 0.25) is 5.02 Å². The Morgan fingerprint density at radius 2 is 1.86 bits per heavy atom. The van der Waals surface area contributed by atoms with Gasteiger partial charge < -0.3 is 15.1 Å². The minimum Gasteiger partial charge on any atom is -0.367 e. The number of benzene rings is 1. The van der Waals surface area contributed by atoms with Crippen LogP contribution in [0.15, 0.2) is 41.4 Å². The van der Waals surface area contributed by atoms with E-state index in [0.717, 1.165) is 54.2 Å². The van der Waals surface area contributed by atoms with Crippen LogP contribution in [-0.4, -0.2) is 54.1 Å². The first-order valence-corrected chi connectivity index (χ1v) is 10.9. The van der Waals surface area contributed by atoms with E-state index in [-0.39, 0.29) is 11.9 Å². The van der Waals surface area contributed by atoms with Crippen molar-refractivity contribution in [2.45, 2.75) is 31.3 Å². The fraction of sp³-hybridized carbons (Fsp3) is 0.450. The number of carbonyl (C=O) groups excluding carboxylic acids is 1. The van der Waals surface area contributed by atoms with E-state index in [9.17, 15) is 4.79 Å². The lowest BCUT2D eigenvalue weighted by atomic mass is 10.2. The average Bonchev–Trinajstić information content (AvgIpc) is 2.73. The number of nitrogens with one attached hydrogen (secondary N) is 1.